The number of amides is 1. The summed E-state index contributed by atoms with van der Waals surface area (Å²) < 4.78 is 5.43. The van der Waals surface area contributed by atoms with Gasteiger partial charge < -0.3 is 9.64 Å². The summed E-state index contributed by atoms with van der Waals surface area (Å²) in [6.45, 7) is 2.42. The Hall–Kier alpha value is -2.66. The van der Waals surface area contributed by atoms with Gasteiger partial charge in [-0.15, -0.1) is 0 Å². The number of piperidine rings is 1. The van der Waals surface area contributed by atoms with Crippen molar-refractivity contribution in [3.63, 3.8) is 0 Å². The highest BCUT2D eigenvalue weighted by molar-refractivity contribution is 6.30. The number of ketones is 1. The molecule has 1 amide bonds. The van der Waals surface area contributed by atoms with E-state index in [-0.39, 0.29) is 23.6 Å². The summed E-state index contributed by atoms with van der Waals surface area (Å²) in [5.74, 6) is -0.501. The number of halogens is 1. The molecule has 2 aromatic rings. The fourth-order valence-corrected chi connectivity index (χ4v) is 3.21. The number of carbonyl (C=O) groups is 3. The Kier molecular flexibility index (Phi) is 5.91. The van der Waals surface area contributed by atoms with E-state index in [0.29, 0.717) is 41.4 Å². The predicted octanol–water partition coefficient (Wildman–Crippen LogP) is 4.00. The molecule has 1 fully saturated rings. The number of ether oxygens (including phenoxy) is 1. The molecule has 0 bridgehead atoms. The standard InChI is InChI=1S/C21H20ClNO4/c1-14(24)15-6-10-19(11-7-15)27-21(26)17-3-2-12-23(13-17)20(25)16-4-8-18(22)9-5-16/h4-11,17H,2-3,12-13H2,1H3/t17-/m0/s1. The summed E-state index contributed by atoms with van der Waals surface area (Å²) in [6.07, 6.45) is 1.41. The fourth-order valence-electron chi connectivity index (χ4n) is 3.09. The van der Waals surface area contributed by atoms with E-state index in [4.69, 9.17) is 16.3 Å². The average Bonchev–Trinajstić information content (AvgIpc) is 2.68. The van der Waals surface area contributed by atoms with Gasteiger partial charge in [-0.3, -0.25) is 14.4 Å². The Morgan fingerprint density at radius 2 is 1.63 bits per heavy atom. The quantitative estimate of drug-likeness (QED) is 0.453. The summed E-state index contributed by atoms with van der Waals surface area (Å²) in [7, 11) is 0. The van der Waals surface area contributed by atoms with Crippen molar-refractivity contribution in [2.75, 3.05) is 13.1 Å². The summed E-state index contributed by atoms with van der Waals surface area (Å²) in [6, 6.07) is 13.2. The molecule has 1 saturated heterocycles. The molecule has 1 aliphatic heterocycles. The van der Waals surface area contributed by atoms with Crippen LogP contribution < -0.4 is 4.74 Å². The number of esters is 1. The molecule has 1 heterocycles. The van der Waals surface area contributed by atoms with Crippen LogP contribution in [0, 0.1) is 5.92 Å². The van der Waals surface area contributed by atoms with E-state index in [1.165, 1.54) is 6.92 Å². The smallest absolute Gasteiger partial charge is 0.316 e. The monoisotopic (exact) mass is 385 g/mol. The van der Waals surface area contributed by atoms with Crippen LogP contribution in [0.2, 0.25) is 5.02 Å². The number of hydrogen-bond donors (Lipinski definition) is 0. The number of rotatable bonds is 4. The van der Waals surface area contributed by atoms with Crippen LogP contribution in [0.3, 0.4) is 0 Å². The number of likely N-dealkylation sites (tertiary alicyclic amines) is 1. The predicted molar refractivity (Wildman–Crippen MR) is 102 cm³/mol. The molecule has 140 valence electrons. The second-order valence-corrected chi connectivity index (χ2v) is 7.04. The molecule has 0 radical (unpaired) electrons. The number of nitrogens with zero attached hydrogens (tertiary/aromatic N) is 1. The first-order chi connectivity index (χ1) is 12.9. The van der Waals surface area contributed by atoms with Gasteiger partial charge >= 0.3 is 5.97 Å². The molecule has 5 nitrogen and oxygen atoms in total. The first-order valence-corrected chi connectivity index (χ1v) is 9.19. The first kappa shape index (κ1) is 19.1. The molecule has 0 saturated carbocycles. The van der Waals surface area contributed by atoms with Crippen molar-refractivity contribution in [1.29, 1.82) is 0 Å². The zero-order valence-corrected chi connectivity index (χ0v) is 15.7. The van der Waals surface area contributed by atoms with E-state index >= 15 is 0 Å². The third-order valence-electron chi connectivity index (χ3n) is 4.61. The van der Waals surface area contributed by atoms with E-state index in [1.54, 1.807) is 53.4 Å². The third-order valence-corrected chi connectivity index (χ3v) is 4.86. The SMILES string of the molecule is CC(=O)c1ccc(OC(=O)[C@H]2CCCN(C(=O)c3ccc(Cl)cc3)C2)cc1. The van der Waals surface area contributed by atoms with Gasteiger partial charge in [-0.25, -0.2) is 0 Å². The normalized spacial score (nSPS) is 16.7. The zero-order valence-electron chi connectivity index (χ0n) is 15.0. The van der Waals surface area contributed by atoms with Crippen molar-refractivity contribution in [2.45, 2.75) is 19.8 Å². The molecule has 0 aromatic heterocycles. The van der Waals surface area contributed by atoms with Gasteiger partial charge in [-0.05, 0) is 68.3 Å². The minimum absolute atomic E-state index is 0.0449. The molecule has 0 aliphatic carbocycles. The van der Waals surface area contributed by atoms with E-state index < -0.39 is 0 Å². The Bertz CT molecular complexity index is 845. The number of benzene rings is 2. The lowest BCUT2D eigenvalue weighted by Crippen LogP contribution is -2.43. The molecule has 1 atom stereocenters. The lowest BCUT2D eigenvalue weighted by molar-refractivity contribution is -0.140. The maximum atomic E-state index is 12.6. The summed E-state index contributed by atoms with van der Waals surface area (Å²) in [5, 5.41) is 0.572. The minimum Gasteiger partial charge on any atom is -0.426 e. The van der Waals surface area contributed by atoms with Crippen LogP contribution in [-0.2, 0) is 4.79 Å². The van der Waals surface area contributed by atoms with Gasteiger partial charge in [-0.1, -0.05) is 11.6 Å². The van der Waals surface area contributed by atoms with Gasteiger partial charge in [0.15, 0.2) is 5.78 Å². The van der Waals surface area contributed by atoms with Gasteiger partial charge in [0.2, 0.25) is 0 Å². The van der Waals surface area contributed by atoms with Gasteiger partial charge in [0.25, 0.3) is 5.91 Å². The van der Waals surface area contributed by atoms with Crippen LogP contribution in [0.5, 0.6) is 5.75 Å². The van der Waals surface area contributed by atoms with Gasteiger partial charge in [0.1, 0.15) is 5.75 Å². The Morgan fingerprint density at radius 3 is 2.26 bits per heavy atom. The van der Waals surface area contributed by atoms with Crippen LogP contribution >= 0.6 is 11.6 Å². The highest BCUT2D eigenvalue weighted by Crippen LogP contribution is 2.22. The Labute approximate surface area is 162 Å². The van der Waals surface area contributed by atoms with Crippen LogP contribution in [0.4, 0.5) is 0 Å². The fraction of sp³-hybridized carbons (Fsp3) is 0.286. The van der Waals surface area contributed by atoms with E-state index in [0.717, 1.165) is 6.42 Å². The van der Waals surface area contributed by atoms with E-state index in [1.807, 2.05) is 0 Å². The zero-order chi connectivity index (χ0) is 19.4. The Balaban J connectivity index is 1.63. The van der Waals surface area contributed by atoms with Gasteiger partial charge in [-0.2, -0.15) is 0 Å². The highest BCUT2D eigenvalue weighted by Gasteiger charge is 2.30. The van der Waals surface area contributed by atoms with Gasteiger partial charge in [0, 0.05) is 29.2 Å². The molecule has 0 N–H and O–H groups in total. The van der Waals surface area contributed by atoms with Crippen LogP contribution in [0.15, 0.2) is 48.5 Å². The maximum Gasteiger partial charge on any atom is 0.316 e. The second-order valence-electron chi connectivity index (χ2n) is 6.60. The van der Waals surface area contributed by atoms with E-state index in [9.17, 15) is 14.4 Å². The van der Waals surface area contributed by atoms with Crippen molar-refractivity contribution in [3.05, 3.63) is 64.7 Å². The summed E-state index contributed by atoms with van der Waals surface area (Å²) in [4.78, 5) is 38.1. The number of carbonyl (C=O) groups excluding carboxylic acids is 3. The molecule has 2 aromatic carbocycles. The van der Waals surface area contributed by atoms with Crippen molar-refractivity contribution in [3.8, 4) is 5.75 Å². The highest BCUT2D eigenvalue weighted by atomic mass is 35.5. The molecule has 0 spiro atoms. The minimum atomic E-state index is -0.373. The van der Waals surface area contributed by atoms with Crippen LogP contribution in [-0.4, -0.2) is 35.6 Å². The Morgan fingerprint density at radius 1 is 1.00 bits per heavy atom. The van der Waals surface area contributed by atoms with Crippen molar-refractivity contribution in [2.24, 2.45) is 5.92 Å². The van der Waals surface area contributed by atoms with Crippen LogP contribution in [0.25, 0.3) is 0 Å². The first-order valence-electron chi connectivity index (χ1n) is 8.81. The topological polar surface area (TPSA) is 63.7 Å². The molecular formula is C21H20ClNO4. The summed E-state index contributed by atoms with van der Waals surface area (Å²) in [5.41, 5.74) is 1.11. The van der Waals surface area contributed by atoms with E-state index in [2.05, 4.69) is 0 Å². The van der Waals surface area contributed by atoms with Crippen LogP contribution in [0.1, 0.15) is 40.5 Å². The molecule has 27 heavy (non-hydrogen) atoms. The lowest BCUT2D eigenvalue weighted by atomic mass is 9.97. The molecule has 3 rings (SSSR count). The molecular weight excluding hydrogens is 366 g/mol. The van der Waals surface area contributed by atoms with Gasteiger partial charge in [0.05, 0.1) is 5.92 Å². The summed E-state index contributed by atoms with van der Waals surface area (Å²) >= 11 is 5.87. The number of hydrogen-bond acceptors (Lipinski definition) is 4. The average molecular weight is 386 g/mol. The van der Waals surface area contributed by atoms with Crippen molar-refractivity contribution < 1.29 is 19.1 Å². The molecule has 0 unspecified atom stereocenters. The maximum absolute atomic E-state index is 12.6. The molecule has 6 heteroatoms. The second kappa shape index (κ2) is 8.35. The van der Waals surface area contributed by atoms with Crippen molar-refractivity contribution >= 4 is 29.3 Å². The third kappa shape index (κ3) is 4.74. The largest absolute Gasteiger partial charge is 0.426 e. The number of Topliss-reactive ketones (excluding diaryl/α,β-unsaturated/α-hetero) is 1. The lowest BCUT2D eigenvalue weighted by Gasteiger charge is -2.31. The van der Waals surface area contributed by atoms with Crippen molar-refractivity contribution in [1.82, 2.24) is 4.90 Å². The molecule has 1 aliphatic rings.